The highest BCUT2D eigenvalue weighted by molar-refractivity contribution is 5.97. The molecule has 41 heavy (non-hydrogen) atoms. The van der Waals surface area contributed by atoms with Crippen LogP contribution in [0.4, 0.5) is 5.82 Å². The summed E-state index contributed by atoms with van der Waals surface area (Å²) in [5.74, 6) is 1.34. The number of hydrogen-bond acceptors (Lipinski definition) is 8. The van der Waals surface area contributed by atoms with Crippen LogP contribution in [0.2, 0.25) is 0 Å². The van der Waals surface area contributed by atoms with E-state index in [1.165, 1.54) is 10.7 Å². The number of nitrogens with zero attached hydrogens (tertiary/aromatic N) is 7. The first kappa shape index (κ1) is 26.9. The van der Waals surface area contributed by atoms with Crippen molar-refractivity contribution < 1.29 is 9.53 Å². The van der Waals surface area contributed by atoms with Gasteiger partial charge in [0, 0.05) is 81.2 Å². The van der Waals surface area contributed by atoms with Gasteiger partial charge in [-0.2, -0.15) is 5.10 Å². The van der Waals surface area contributed by atoms with Gasteiger partial charge in [-0.1, -0.05) is 12.1 Å². The van der Waals surface area contributed by atoms with E-state index in [9.17, 15) is 9.59 Å². The van der Waals surface area contributed by atoms with Crippen LogP contribution in [0.15, 0.2) is 53.5 Å². The van der Waals surface area contributed by atoms with Crippen molar-refractivity contribution in [2.45, 2.75) is 37.8 Å². The monoisotopic (exact) mass is 556 g/mol. The van der Waals surface area contributed by atoms with Crippen molar-refractivity contribution in [1.29, 1.82) is 0 Å². The lowest BCUT2D eigenvalue weighted by Crippen LogP contribution is -2.47. The lowest BCUT2D eigenvalue weighted by atomic mass is 9.93. The fourth-order valence-electron chi connectivity index (χ4n) is 5.75. The summed E-state index contributed by atoms with van der Waals surface area (Å²) in [6, 6.07) is 13.2. The number of ether oxygens (including phenoxy) is 1. The second-order valence-electron chi connectivity index (χ2n) is 11.0. The number of hydrogen-bond donors (Lipinski definition) is 1. The molecule has 4 aromatic rings. The van der Waals surface area contributed by atoms with Crippen LogP contribution in [0.5, 0.6) is 5.88 Å². The fourth-order valence-corrected chi connectivity index (χ4v) is 5.75. The largest absolute Gasteiger partial charge is 0.473 e. The molecule has 0 spiro atoms. The first-order chi connectivity index (χ1) is 19.9. The topological polar surface area (TPSA) is 110 Å². The SMILES string of the molecule is CNc1cc2c(cn1)c(-c1ccc(C(=O)N3CCN(C)CC3)cc1)nn2[C@H]1CC[C@@H](Oc2ccc(=O)n(C)n2)CC1. The molecular formula is C30H36N8O3. The van der Waals surface area contributed by atoms with Gasteiger partial charge in [-0.25, -0.2) is 9.67 Å². The molecule has 3 aromatic heterocycles. The number of likely N-dealkylation sites (N-methyl/N-ethyl adjacent to an activating group) is 1. The number of carbonyl (C=O) groups is 1. The first-order valence-electron chi connectivity index (χ1n) is 14.2. The van der Waals surface area contributed by atoms with Crippen LogP contribution >= 0.6 is 0 Å². The molecule has 1 aliphatic heterocycles. The number of fused-ring (bicyclic) bond motifs is 1. The number of aromatic nitrogens is 5. The summed E-state index contributed by atoms with van der Waals surface area (Å²) >= 11 is 0. The molecular weight excluding hydrogens is 520 g/mol. The Bertz CT molecular complexity index is 1600. The van der Waals surface area contributed by atoms with Crippen LogP contribution in [0.1, 0.15) is 42.1 Å². The number of rotatable bonds is 6. The molecule has 1 saturated carbocycles. The molecule has 0 atom stereocenters. The van der Waals surface area contributed by atoms with Gasteiger partial charge in [-0.15, -0.1) is 5.10 Å². The third-order valence-electron chi connectivity index (χ3n) is 8.26. The summed E-state index contributed by atoms with van der Waals surface area (Å²) < 4.78 is 9.53. The van der Waals surface area contributed by atoms with Crippen LogP contribution in [0, 0.1) is 0 Å². The smallest absolute Gasteiger partial charge is 0.266 e. The molecule has 11 nitrogen and oxygen atoms in total. The minimum atomic E-state index is -0.158. The zero-order chi connectivity index (χ0) is 28.5. The lowest BCUT2D eigenvalue weighted by Gasteiger charge is -2.32. The Labute approximate surface area is 238 Å². The molecule has 11 heteroatoms. The van der Waals surface area contributed by atoms with Crippen LogP contribution < -0.4 is 15.6 Å². The van der Waals surface area contributed by atoms with Gasteiger partial charge < -0.3 is 19.9 Å². The van der Waals surface area contributed by atoms with E-state index in [1.807, 2.05) is 48.5 Å². The molecule has 0 bridgehead atoms. The average Bonchev–Trinajstić information content (AvgIpc) is 3.38. The van der Waals surface area contributed by atoms with Crippen molar-refractivity contribution in [2.24, 2.45) is 7.05 Å². The van der Waals surface area contributed by atoms with Gasteiger partial charge in [0.05, 0.1) is 11.6 Å². The van der Waals surface area contributed by atoms with Crippen molar-refractivity contribution >= 4 is 22.6 Å². The highest BCUT2D eigenvalue weighted by atomic mass is 16.5. The fraction of sp³-hybridized carbons (Fsp3) is 0.433. The normalized spacial score (nSPS) is 19.8. The highest BCUT2D eigenvalue weighted by Crippen LogP contribution is 2.36. The maximum absolute atomic E-state index is 13.1. The Kier molecular flexibility index (Phi) is 7.44. The Morgan fingerprint density at radius 3 is 2.37 bits per heavy atom. The van der Waals surface area contributed by atoms with Crippen molar-refractivity contribution in [1.82, 2.24) is 34.3 Å². The molecule has 2 aliphatic rings. The van der Waals surface area contributed by atoms with Crippen molar-refractivity contribution in [2.75, 3.05) is 45.6 Å². The van der Waals surface area contributed by atoms with Gasteiger partial charge in [0.25, 0.3) is 11.5 Å². The van der Waals surface area contributed by atoms with Gasteiger partial charge in [0.1, 0.15) is 17.6 Å². The summed E-state index contributed by atoms with van der Waals surface area (Å²) in [5.41, 5.74) is 3.39. The molecule has 214 valence electrons. The third kappa shape index (κ3) is 5.54. The maximum Gasteiger partial charge on any atom is 0.266 e. The molecule has 1 N–H and O–H groups in total. The van der Waals surface area contributed by atoms with Gasteiger partial charge in [-0.05, 0) is 44.9 Å². The minimum absolute atomic E-state index is 0.0393. The van der Waals surface area contributed by atoms with E-state index in [2.05, 4.69) is 32.0 Å². The maximum atomic E-state index is 13.1. The van der Waals surface area contributed by atoms with Crippen molar-refractivity contribution in [3.05, 3.63) is 64.6 Å². The molecule has 1 saturated heterocycles. The molecule has 0 unspecified atom stereocenters. The van der Waals surface area contributed by atoms with Crippen LogP contribution in [0.25, 0.3) is 22.2 Å². The summed E-state index contributed by atoms with van der Waals surface area (Å²) in [4.78, 5) is 33.5. The molecule has 4 heterocycles. The second kappa shape index (κ2) is 11.3. The Hall–Kier alpha value is -4.25. The highest BCUT2D eigenvalue weighted by Gasteiger charge is 2.27. The van der Waals surface area contributed by atoms with E-state index in [0.29, 0.717) is 11.4 Å². The van der Waals surface area contributed by atoms with Gasteiger partial charge >= 0.3 is 0 Å². The van der Waals surface area contributed by atoms with Gasteiger partial charge in [0.2, 0.25) is 5.88 Å². The van der Waals surface area contributed by atoms with Crippen LogP contribution in [0.3, 0.4) is 0 Å². The minimum Gasteiger partial charge on any atom is -0.473 e. The van der Waals surface area contributed by atoms with E-state index in [0.717, 1.165) is 79.8 Å². The van der Waals surface area contributed by atoms with Crippen molar-refractivity contribution in [3.63, 3.8) is 0 Å². The quantitative estimate of drug-likeness (QED) is 0.386. The zero-order valence-electron chi connectivity index (χ0n) is 23.8. The summed E-state index contributed by atoms with van der Waals surface area (Å²) in [6.45, 7) is 3.29. The number of pyridine rings is 1. The standard InChI is InChI=1S/C30H36N8O3/c1-31-26-18-25-24(19-32-26)29(20-4-6-21(7-5-20)30(40)37-16-14-35(2)15-17-37)34-38(25)22-8-10-23(11-9-22)41-27-12-13-28(39)36(3)33-27/h4-7,12-13,18-19,22-23H,8-11,14-17H2,1-3H3,(H,31,32)/t22-,23+. The average molecular weight is 557 g/mol. The van der Waals surface area contributed by atoms with Gasteiger partial charge in [-0.3, -0.25) is 14.3 Å². The van der Waals surface area contributed by atoms with Crippen LogP contribution in [-0.2, 0) is 7.05 Å². The number of anilines is 1. The van der Waals surface area contributed by atoms with Gasteiger partial charge in [0.15, 0.2) is 0 Å². The van der Waals surface area contributed by atoms with Crippen LogP contribution in [-0.4, -0.2) is 86.6 Å². The predicted octanol–water partition coefficient (Wildman–Crippen LogP) is 3.18. The molecule has 2 fully saturated rings. The Morgan fingerprint density at radius 1 is 0.951 bits per heavy atom. The number of carbonyl (C=O) groups excluding carboxylic acids is 1. The molecule has 1 amide bonds. The lowest BCUT2D eigenvalue weighted by molar-refractivity contribution is 0.0664. The van der Waals surface area contributed by atoms with Crippen molar-refractivity contribution in [3.8, 4) is 17.1 Å². The predicted molar refractivity (Wildman–Crippen MR) is 157 cm³/mol. The molecule has 0 radical (unpaired) electrons. The first-order valence-corrected chi connectivity index (χ1v) is 14.2. The second-order valence-corrected chi connectivity index (χ2v) is 11.0. The number of amides is 1. The number of aryl methyl sites for hydroxylation is 1. The van der Waals surface area contributed by atoms with E-state index in [-0.39, 0.29) is 23.6 Å². The van der Waals surface area contributed by atoms with E-state index in [4.69, 9.17) is 9.84 Å². The summed E-state index contributed by atoms with van der Waals surface area (Å²) in [6.07, 6.45) is 5.45. The summed E-state index contributed by atoms with van der Waals surface area (Å²) in [5, 5.41) is 13.5. The molecule has 1 aromatic carbocycles. The molecule has 1 aliphatic carbocycles. The van der Waals surface area contributed by atoms with E-state index >= 15 is 0 Å². The van der Waals surface area contributed by atoms with E-state index in [1.54, 1.807) is 13.1 Å². The number of piperazine rings is 1. The zero-order valence-corrected chi connectivity index (χ0v) is 23.8. The summed E-state index contributed by atoms with van der Waals surface area (Å²) in [7, 11) is 5.57. The Balaban J connectivity index is 1.22. The third-order valence-corrected chi connectivity index (χ3v) is 8.26. The molecule has 6 rings (SSSR count). The number of benzene rings is 1. The van der Waals surface area contributed by atoms with E-state index < -0.39 is 0 Å². The number of nitrogens with one attached hydrogen (secondary N) is 1. The Morgan fingerprint density at radius 2 is 1.68 bits per heavy atom.